The van der Waals surface area contributed by atoms with Crippen molar-refractivity contribution in [1.82, 2.24) is 51.4 Å². The Balaban J connectivity index is 0.000000230. The number of nitrogens with one attached hydrogen (secondary N) is 4. The first-order valence-electron chi connectivity index (χ1n) is 19.6. The molecular formula is C34H54N10O15S. The van der Waals surface area contributed by atoms with Gasteiger partial charge in [-0.15, -0.1) is 4.28 Å². The van der Waals surface area contributed by atoms with E-state index in [-0.39, 0.29) is 32.0 Å². The molecule has 60 heavy (non-hydrogen) atoms. The van der Waals surface area contributed by atoms with Crippen LogP contribution in [0.5, 0.6) is 0 Å². The maximum absolute atomic E-state index is 12.6. The Hall–Kier alpha value is -5.21. The van der Waals surface area contributed by atoms with Crippen molar-refractivity contribution in [2.75, 3.05) is 26.2 Å². The number of nitrogens with zero attached hydrogens (tertiary/aromatic N) is 6. The third-order valence-corrected chi connectivity index (χ3v) is 10.8. The highest BCUT2D eigenvalue weighted by Gasteiger charge is 2.50. The fourth-order valence-electron chi connectivity index (χ4n) is 7.76. The van der Waals surface area contributed by atoms with Gasteiger partial charge in [-0.05, 0) is 92.9 Å². The molecule has 6 saturated heterocycles. The number of rotatable bonds is 6. The van der Waals surface area contributed by atoms with E-state index in [0.29, 0.717) is 61.7 Å². The van der Waals surface area contributed by atoms with E-state index in [9.17, 15) is 52.0 Å². The monoisotopic (exact) mass is 874 g/mol. The number of piperidine rings is 2. The number of likely N-dealkylation sites (tertiary alicyclic amines) is 2. The predicted octanol–water partition coefficient (Wildman–Crippen LogP) is -0.273. The van der Waals surface area contributed by atoms with E-state index >= 15 is 0 Å². The van der Waals surface area contributed by atoms with E-state index in [2.05, 4.69) is 26.0 Å². The van der Waals surface area contributed by atoms with Gasteiger partial charge < -0.3 is 19.3 Å². The quantitative estimate of drug-likeness (QED) is 0.114. The van der Waals surface area contributed by atoms with Crippen molar-refractivity contribution in [3.8, 4) is 0 Å². The second-order valence-electron chi connectivity index (χ2n) is 17.2. The van der Waals surface area contributed by atoms with Crippen molar-refractivity contribution in [2.45, 2.75) is 140 Å². The van der Waals surface area contributed by atoms with Crippen LogP contribution in [0.3, 0.4) is 0 Å². The molecular weight excluding hydrogens is 820 g/mol. The molecule has 336 valence electrons. The van der Waals surface area contributed by atoms with Gasteiger partial charge in [-0.25, -0.2) is 24.2 Å². The minimum absolute atomic E-state index is 0.0232. The second kappa shape index (κ2) is 17.8. The zero-order valence-corrected chi connectivity index (χ0v) is 35.1. The molecule has 0 saturated carbocycles. The van der Waals surface area contributed by atoms with Crippen LogP contribution in [0.2, 0.25) is 0 Å². The van der Waals surface area contributed by atoms with E-state index in [0.717, 1.165) is 4.90 Å². The van der Waals surface area contributed by atoms with Gasteiger partial charge in [0.2, 0.25) is 0 Å². The smallest absolute Gasteiger partial charge is 0.418 e. The van der Waals surface area contributed by atoms with Crippen molar-refractivity contribution >= 4 is 58.3 Å². The van der Waals surface area contributed by atoms with Gasteiger partial charge in [-0.1, -0.05) is 0 Å². The number of amides is 10. The number of fused-ring (bicyclic) bond motifs is 4. The minimum atomic E-state index is -4.89. The third kappa shape index (κ3) is 10.9. The molecule has 0 aromatic heterocycles. The fourth-order valence-corrected chi connectivity index (χ4v) is 8.15. The van der Waals surface area contributed by atoms with Crippen LogP contribution in [0.1, 0.15) is 92.9 Å². The molecule has 6 heterocycles. The molecule has 6 rings (SSSR count). The highest BCUT2D eigenvalue weighted by atomic mass is 32.3. The molecule has 10 amide bonds. The summed E-state index contributed by atoms with van der Waals surface area (Å²) < 4.78 is 45.7. The normalized spacial score (nSPS) is 26.3. The van der Waals surface area contributed by atoms with E-state index in [4.69, 9.17) is 14.0 Å². The number of ether oxygens (including phenoxy) is 2. The number of hydrogen-bond acceptors (Lipinski definition) is 14. The molecule has 6 N–H and O–H groups in total. The first-order chi connectivity index (χ1) is 27.8. The van der Waals surface area contributed by atoms with Gasteiger partial charge in [0.1, 0.15) is 35.4 Å². The Labute approximate surface area is 346 Å². The molecule has 25 nitrogen and oxygen atoms in total. The van der Waals surface area contributed by atoms with Crippen molar-refractivity contribution < 1.29 is 70.3 Å². The molecule has 2 unspecified atom stereocenters. The number of carbonyl (C=O) groups is 8. The summed E-state index contributed by atoms with van der Waals surface area (Å²) in [7, 11) is -4.89. The van der Waals surface area contributed by atoms with Gasteiger partial charge >= 0.3 is 34.6 Å². The zero-order chi connectivity index (χ0) is 44.5. The molecule has 4 bridgehead atoms. The van der Waals surface area contributed by atoms with Gasteiger partial charge in [0.15, 0.2) is 0 Å². The van der Waals surface area contributed by atoms with Gasteiger partial charge in [0, 0.05) is 26.2 Å². The molecule has 0 radical (unpaired) electrons. The molecule has 6 fully saturated rings. The maximum atomic E-state index is 12.6. The Kier molecular flexibility index (Phi) is 13.6. The lowest BCUT2D eigenvalue weighted by Gasteiger charge is -2.30. The Bertz CT molecular complexity index is 1840. The van der Waals surface area contributed by atoms with Crippen LogP contribution in [0, 0.1) is 0 Å². The largest absolute Gasteiger partial charge is 0.444 e. The van der Waals surface area contributed by atoms with Crippen LogP contribution in [-0.2, 0) is 43.3 Å². The molecule has 0 aromatic carbocycles. The van der Waals surface area contributed by atoms with Crippen LogP contribution in [-0.4, -0.2) is 169 Å². The number of carbonyl (C=O) groups excluding carboxylic acids is 8. The van der Waals surface area contributed by atoms with Crippen molar-refractivity contribution in [2.24, 2.45) is 0 Å². The van der Waals surface area contributed by atoms with Gasteiger partial charge in [-0.3, -0.25) is 60.4 Å². The van der Waals surface area contributed by atoms with E-state index in [1.54, 1.807) is 41.5 Å². The number of hydrogen-bond donors (Lipinski definition) is 6. The molecule has 0 spiro atoms. The summed E-state index contributed by atoms with van der Waals surface area (Å²) >= 11 is 0. The molecule has 0 aliphatic carbocycles. The van der Waals surface area contributed by atoms with Gasteiger partial charge in [-0.2, -0.15) is 13.5 Å². The lowest BCUT2D eigenvalue weighted by Crippen LogP contribution is -2.57. The average Bonchev–Trinajstić information content (AvgIpc) is 3.94. The Morgan fingerprint density at radius 1 is 0.600 bits per heavy atom. The van der Waals surface area contributed by atoms with Crippen molar-refractivity contribution in [3.05, 3.63) is 0 Å². The van der Waals surface area contributed by atoms with Crippen molar-refractivity contribution in [3.63, 3.8) is 0 Å². The summed E-state index contributed by atoms with van der Waals surface area (Å²) in [5.41, 5.74) is 7.86. The number of urea groups is 2. The van der Waals surface area contributed by atoms with Crippen LogP contribution in [0.4, 0.5) is 19.2 Å². The first-order valence-corrected chi connectivity index (χ1v) is 21.0. The van der Waals surface area contributed by atoms with Crippen molar-refractivity contribution in [1.29, 1.82) is 0 Å². The summed E-state index contributed by atoms with van der Waals surface area (Å²) in [5, 5.41) is 10.9. The Morgan fingerprint density at radius 3 is 1.40 bits per heavy atom. The molecule has 26 heteroatoms. The summed E-state index contributed by atoms with van der Waals surface area (Å²) in [6.45, 7) is 11.4. The molecule has 6 aliphatic rings. The maximum Gasteiger partial charge on any atom is 0.418 e. The van der Waals surface area contributed by atoms with Gasteiger partial charge in [0.25, 0.3) is 23.6 Å². The van der Waals surface area contributed by atoms with Gasteiger partial charge in [0.05, 0.1) is 12.1 Å². The summed E-state index contributed by atoms with van der Waals surface area (Å²) in [6, 6.07) is -5.70. The molecule has 6 atom stereocenters. The number of hydrazine groups is 2. The standard InChI is InChI=1S/C17H27N5O9S.C17H27N5O6/c1-17(2,3)30-16(26)20-8-4-5-11(20)13(23)18-19-14(24)12-7-6-10-9-21(12)15(25)22(10)31-32(27,28)29;1-17(2,3)28-16(26)20-8-4-5-11(20)13(23)18-19-14(24)12-7-6-10-9-21(12)15(25)22(10)27/h10-12H,4-9H2,1-3H3,(H,18,23)(H,19,24)(H,27,28,29);10-12,27H,4-9H2,1-3H3,(H,18,23)(H,19,24)/t2*10-,11?,12+/m11/s1. The summed E-state index contributed by atoms with van der Waals surface area (Å²) in [5.74, 6) is -2.32. The lowest BCUT2D eigenvalue weighted by atomic mass is 10.0. The Morgan fingerprint density at radius 2 is 0.983 bits per heavy atom. The molecule has 6 aliphatic heterocycles. The predicted molar refractivity (Wildman–Crippen MR) is 200 cm³/mol. The third-order valence-electron chi connectivity index (χ3n) is 10.4. The van der Waals surface area contributed by atoms with E-state index in [1.807, 2.05) is 0 Å². The summed E-state index contributed by atoms with van der Waals surface area (Å²) in [4.78, 5) is 104. The van der Waals surface area contributed by atoms with E-state index in [1.165, 1.54) is 14.7 Å². The second-order valence-corrected chi connectivity index (χ2v) is 18.2. The highest BCUT2D eigenvalue weighted by Crippen LogP contribution is 2.31. The SMILES string of the molecule is CC(C)(C)OC(=O)N1CCCC1C(=O)NNC(=O)[C@@H]1CC[C@@H]2CN1C(=O)N2O.CC(C)(C)OC(=O)N1CCCC1C(=O)NNC(=O)[C@@H]1CC[C@@H]2CN1C(=O)N2OS(=O)(=O)O. The summed E-state index contributed by atoms with van der Waals surface area (Å²) in [6.07, 6.45) is 2.26. The highest BCUT2D eigenvalue weighted by molar-refractivity contribution is 7.80. The van der Waals surface area contributed by atoms with Crippen LogP contribution in [0.15, 0.2) is 0 Å². The minimum Gasteiger partial charge on any atom is -0.444 e. The average molecular weight is 875 g/mol. The van der Waals surface area contributed by atoms with Crippen LogP contribution in [0.25, 0.3) is 0 Å². The van der Waals surface area contributed by atoms with Crippen LogP contribution < -0.4 is 21.7 Å². The fraction of sp³-hybridized carbons (Fsp3) is 0.765. The zero-order valence-electron chi connectivity index (χ0n) is 34.2. The number of hydroxylamine groups is 4. The topological polar surface area (TPSA) is 306 Å². The molecule has 0 aromatic rings. The van der Waals surface area contributed by atoms with Crippen LogP contribution >= 0.6 is 0 Å². The van der Waals surface area contributed by atoms with E-state index < -0.39 is 99.7 Å². The first kappa shape index (κ1) is 45.9. The lowest BCUT2D eigenvalue weighted by molar-refractivity contribution is -0.133.